The van der Waals surface area contributed by atoms with Crippen LogP contribution in [0.2, 0.25) is 0 Å². The second kappa shape index (κ2) is 6.78. The molecule has 0 radical (unpaired) electrons. The van der Waals surface area contributed by atoms with Crippen LogP contribution < -0.4 is 15.4 Å². The average molecular weight is 285 g/mol. The third-order valence-corrected chi connectivity index (χ3v) is 3.34. The van der Waals surface area contributed by atoms with Gasteiger partial charge in [-0.05, 0) is 51.1 Å². The highest BCUT2D eigenvalue weighted by Gasteiger charge is 2.36. The Morgan fingerprint density at radius 2 is 2.11 bits per heavy atom. The molecule has 0 spiro atoms. The Morgan fingerprint density at radius 3 is 2.63 bits per heavy atom. The quantitative estimate of drug-likeness (QED) is 0.893. The second-order valence-corrected chi connectivity index (χ2v) is 4.90. The van der Waals surface area contributed by atoms with Gasteiger partial charge < -0.3 is 15.4 Å². The van der Waals surface area contributed by atoms with Gasteiger partial charge in [-0.15, -0.1) is 12.4 Å². The van der Waals surface area contributed by atoms with E-state index < -0.39 is 0 Å². The first kappa shape index (κ1) is 15.8. The molecule has 1 atom stereocenters. The van der Waals surface area contributed by atoms with Gasteiger partial charge in [0, 0.05) is 12.2 Å². The summed E-state index contributed by atoms with van der Waals surface area (Å²) in [4.78, 5) is 12.2. The van der Waals surface area contributed by atoms with Crippen molar-refractivity contribution >= 4 is 24.0 Å². The third-order valence-electron chi connectivity index (χ3n) is 3.34. The minimum Gasteiger partial charge on any atom is -0.494 e. The fourth-order valence-electron chi connectivity index (χ4n) is 2.09. The van der Waals surface area contributed by atoms with E-state index in [4.69, 9.17) is 4.74 Å². The number of hydrogen-bond donors (Lipinski definition) is 2. The molecule has 0 bridgehead atoms. The zero-order chi connectivity index (χ0) is 13.0. The van der Waals surface area contributed by atoms with Crippen molar-refractivity contribution in [1.82, 2.24) is 5.32 Å². The predicted molar refractivity (Wildman–Crippen MR) is 79.1 cm³/mol. The molecule has 2 rings (SSSR count). The lowest BCUT2D eigenvalue weighted by Crippen LogP contribution is -2.35. The molecule has 1 saturated heterocycles. The molecular weight excluding hydrogens is 264 g/mol. The molecule has 4 nitrogen and oxygen atoms in total. The number of carbonyl (C=O) groups excluding carboxylic acids is 1. The summed E-state index contributed by atoms with van der Waals surface area (Å²) < 4.78 is 5.36. The molecule has 0 aliphatic carbocycles. The molecular formula is C14H21ClN2O2. The molecule has 1 aromatic carbocycles. The zero-order valence-electron chi connectivity index (χ0n) is 11.4. The monoisotopic (exact) mass is 284 g/mol. The molecule has 1 unspecified atom stereocenters. The van der Waals surface area contributed by atoms with Gasteiger partial charge in [0.1, 0.15) is 5.75 Å². The SMILES string of the molecule is CCOc1ccc(NC(=O)C2(C)CCNC2)cc1.Cl. The summed E-state index contributed by atoms with van der Waals surface area (Å²) in [5.41, 5.74) is 0.523. The molecule has 1 amide bonds. The van der Waals surface area contributed by atoms with Crippen molar-refractivity contribution in [3.63, 3.8) is 0 Å². The van der Waals surface area contributed by atoms with Crippen molar-refractivity contribution in [2.45, 2.75) is 20.3 Å². The van der Waals surface area contributed by atoms with Gasteiger partial charge in [0.15, 0.2) is 0 Å². The number of hydrogen-bond acceptors (Lipinski definition) is 3. The van der Waals surface area contributed by atoms with Gasteiger partial charge in [-0.2, -0.15) is 0 Å². The standard InChI is InChI=1S/C14H20N2O2.ClH/c1-3-18-12-6-4-11(5-7-12)16-13(17)14(2)8-9-15-10-14;/h4-7,15H,3,8-10H2,1-2H3,(H,16,17);1H. The number of halogens is 1. The van der Waals surface area contributed by atoms with Gasteiger partial charge in [-0.1, -0.05) is 0 Å². The van der Waals surface area contributed by atoms with Crippen molar-refractivity contribution in [2.75, 3.05) is 25.0 Å². The Hall–Kier alpha value is -1.26. The van der Waals surface area contributed by atoms with Gasteiger partial charge in [0.05, 0.1) is 12.0 Å². The molecule has 19 heavy (non-hydrogen) atoms. The molecule has 1 aliphatic heterocycles. The summed E-state index contributed by atoms with van der Waals surface area (Å²) in [7, 11) is 0. The average Bonchev–Trinajstić information content (AvgIpc) is 2.80. The second-order valence-electron chi connectivity index (χ2n) is 4.90. The summed E-state index contributed by atoms with van der Waals surface area (Å²) >= 11 is 0. The molecule has 1 aliphatic rings. The van der Waals surface area contributed by atoms with Crippen LogP contribution in [0.1, 0.15) is 20.3 Å². The summed E-state index contributed by atoms with van der Waals surface area (Å²) in [5, 5.41) is 6.18. The molecule has 0 aromatic heterocycles. The van der Waals surface area contributed by atoms with Crippen molar-refractivity contribution in [1.29, 1.82) is 0 Å². The first-order valence-corrected chi connectivity index (χ1v) is 6.39. The number of ether oxygens (including phenoxy) is 1. The Bertz CT molecular complexity index is 414. The zero-order valence-corrected chi connectivity index (χ0v) is 12.2. The van der Waals surface area contributed by atoms with Crippen LogP contribution in [0.3, 0.4) is 0 Å². The number of amides is 1. The topological polar surface area (TPSA) is 50.4 Å². The molecule has 0 saturated carbocycles. The van der Waals surface area contributed by atoms with Gasteiger partial charge in [0.25, 0.3) is 0 Å². The van der Waals surface area contributed by atoms with Crippen LogP contribution in [0.5, 0.6) is 5.75 Å². The molecule has 1 fully saturated rings. The van der Waals surface area contributed by atoms with Crippen molar-refractivity contribution in [3.8, 4) is 5.75 Å². The highest BCUT2D eigenvalue weighted by Crippen LogP contribution is 2.26. The number of anilines is 1. The lowest BCUT2D eigenvalue weighted by Gasteiger charge is -2.21. The van der Waals surface area contributed by atoms with E-state index in [1.165, 1.54) is 0 Å². The minimum atomic E-state index is -0.293. The molecule has 106 valence electrons. The first-order valence-electron chi connectivity index (χ1n) is 6.39. The first-order chi connectivity index (χ1) is 8.64. The smallest absolute Gasteiger partial charge is 0.231 e. The highest BCUT2D eigenvalue weighted by molar-refractivity contribution is 5.95. The fraction of sp³-hybridized carbons (Fsp3) is 0.500. The summed E-state index contributed by atoms with van der Waals surface area (Å²) in [6.07, 6.45) is 0.885. The van der Waals surface area contributed by atoms with Crippen molar-refractivity contribution < 1.29 is 9.53 Å². The lowest BCUT2D eigenvalue weighted by molar-refractivity contribution is -0.123. The highest BCUT2D eigenvalue weighted by atomic mass is 35.5. The maximum Gasteiger partial charge on any atom is 0.231 e. The molecule has 1 aromatic rings. The van der Waals surface area contributed by atoms with E-state index in [2.05, 4.69) is 10.6 Å². The van der Waals surface area contributed by atoms with Crippen LogP contribution in [0.25, 0.3) is 0 Å². The van der Waals surface area contributed by atoms with E-state index in [-0.39, 0.29) is 23.7 Å². The Morgan fingerprint density at radius 1 is 1.42 bits per heavy atom. The fourth-order valence-corrected chi connectivity index (χ4v) is 2.09. The van der Waals surface area contributed by atoms with E-state index in [1.54, 1.807) is 0 Å². The Kier molecular flexibility index (Phi) is 5.63. The normalized spacial score (nSPS) is 21.6. The van der Waals surface area contributed by atoms with E-state index >= 15 is 0 Å². The van der Waals surface area contributed by atoms with Crippen LogP contribution in [0.4, 0.5) is 5.69 Å². The van der Waals surface area contributed by atoms with Gasteiger partial charge in [-0.25, -0.2) is 0 Å². The number of carbonyl (C=O) groups is 1. The lowest BCUT2D eigenvalue weighted by atomic mass is 9.89. The molecule has 2 N–H and O–H groups in total. The third kappa shape index (κ3) is 3.85. The predicted octanol–water partition coefficient (Wildman–Crippen LogP) is 2.45. The minimum absolute atomic E-state index is 0. The number of rotatable bonds is 4. The van der Waals surface area contributed by atoms with Crippen molar-refractivity contribution in [2.24, 2.45) is 5.41 Å². The van der Waals surface area contributed by atoms with E-state index in [0.29, 0.717) is 6.61 Å². The Balaban J connectivity index is 0.00000180. The summed E-state index contributed by atoms with van der Waals surface area (Å²) in [6, 6.07) is 7.48. The largest absolute Gasteiger partial charge is 0.494 e. The van der Waals surface area contributed by atoms with Crippen LogP contribution >= 0.6 is 12.4 Å². The Labute approximate surface area is 120 Å². The van der Waals surface area contributed by atoms with Crippen LogP contribution in [-0.2, 0) is 4.79 Å². The maximum atomic E-state index is 12.2. The molecule has 5 heteroatoms. The summed E-state index contributed by atoms with van der Waals surface area (Å²) in [5.74, 6) is 0.904. The van der Waals surface area contributed by atoms with E-state index in [9.17, 15) is 4.79 Å². The van der Waals surface area contributed by atoms with E-state index in [0.717, 1.165) is 30.9 Å². The number of benzene rings is 1. The van der Waals surface area contributed by atoms with Gasteiger partial charge >= 0.3 is 0 Å². The maximum absolute atomic E-state index is 12.2. The van der Waals surface area contributed by atoms with E-state index in [1.807, 2.05) is 38.1 Å². The summed E-state index contributed by atoms with van der Waals surface area (Å²) in [6.45, 7) is 6.25. The molecule has 1 heterocycles. The van der Waals surface area contributed by atoms with Gasteiger partial charge in [0.2, 0.25) is 5.91 Å². The van der Waals surface area contributed by atoms with Crippen LogP contribution in [-0.4, -0.2) is 25.6 Å². The number of nitrogens with one attached hydrogen (secondary N) is 2. The van der Waals surface area contributed by atoms with Crippen molar-refractivity contribution in [3.05, 3.63) is 24.3 Å². The van der Waals surface area contributed by atoms with Gasteiger partial charge in [-0.3, -0.25) is 4.79 Å². The van der Waals surface area contributed by atoms with Crippen LogP contribution in [0.15, 0.2) is 24.3 Å². The van der Waals surface area contributed by atoms with Crippen LogP contribution in [0, 0.1) is 5.41 Å².